The van der Waals surface area contributed by atoms with Crippen LogP contribution in [0.5, 0.6) is 5.75 Å². The lowest BCUT2D eigenvalue weighted by atomic mass is 9.81. The van der Waals surface area contributed by atoms with Crippen molar-refractivity contribution in [3.63, 3.8) is 0 Å². The van der Waals surface area contributed by atoms with E-state index in [4.69, 9.17) is 4.42 Å². The molecule has 1 heterocycles. The molecule has 1 aromatic heterocycles. The number of halogens is 3. The van der Waals surface area contributed by atoms with Crippen molar-refractivity contribution in [1.82, 2.24) is 0 Å². The van der Waals surface area contributed by atoms with E-state index in [0.29, 0.717) is 23.3 Å². The van der Waals surface area contributed by atoms with Crippen LogP contribution in [-0.4, -0.2) is 16.0 Å². The van der Waals surface area contributed by atoms with Crippen LogP contribution in [0.25, 0.3) is 16.7 Å². The monoisotopic (exact) mass is 508 g/mol. The quantitative estimate of drug-likeness (QED) is 0.139. The van der Waals surface area contributed by atoms with Crippen LogP contribution in [0.1, 0.15) is 46.2 Å². The normalized spacial score (nSPS) is 12.9. The van der Waals surface area contributed by atoms with Crippen LogP contribution in [0.4, 0.5) is 13.2 Å². The van der Waals surface area contributed by atoms with Crippen molar-refractivity contribution < 1.29 is 32.6 Å². The largest absolute Gasteiger partial charge is 0.507 e. The van der Waals surface area contributed by atoms with Gasteiger partial charge in [0, 0.05) is 11.1 Å². The van der Waals surface area contributed by atoms with Crippen molar-refractivity contribution in [2.75, 3.05) is 0 Å². The average molecular weight is 508 g/mol. The Labute approximate surface area is 210 Å². The van der Waals surface area contributed by atoms with Crippen molar-refractivity contribution in [3.05, 3.63) is 115 Å². The van der Waals surface area contributed by atoms with Gasteiger partial charge in [0.2, 0.25) is 0 Å². The number of allylic oxidation sites excluding steroid dienone is 1. The summed E-state index contributed by atoms with van der Waals surface area (Å²) in [6, 6.07) is 11.0. The van der Waals surface area contributed by atoms with Gasteiger partial charge in [-0.1, -0.05) is 29.3 Å². The summed E-state index contributed by atoms with van der Waals surface area (Å²) in [5.74, 6) is -8.52. The highest BCUT2D eigenvalue weighted by atomic mass is 19.2. The third-order valence-electron chi connectivity index (χ3n) is 6.27. The third-order valence-corrected chi connectivity index (χ3v) is 6.27. The lowest BCUT2D eigenvalue weighted by Gasteiger charge is -2.23. The molecule has 0 spiro atoms. The minimum Gasteiger partial charge on any atom is -0.507 e. The van der Waals surface area contributed by atoms with Crippen LogP contribution in [0.2, 0.25) is 0 Å². The van der Waals surface area contributed by atoms with Crippen LogP contribution in [0, 0.1) is 38.2 Å². The molecule has 1 unspecified atom stereocenters. The van der Waals surface area contributed by atoms with E-state index in [1.54, 1.807) is 45.0 Å². The molecule has 0 amide bonds. The highest BCUT2D eigenvalue weighted by Gasteiger charge is 2.34. The Kier molecular flexibility index (Phi) is 6.69. The number of fused-ring (bicyclic) bond motifs is 1. The van der Waals surface area contributed by atoms with Gasteiger partial charge < -0.3 is 14.6 Å². The number of aliphatic hydroxyl groups excluding tert-OH is 1. The molecule has 37 heavy (non-hydrogen) atoms. The topological polar surface area (TPSA) is 87.7 Å². The van der Waals surface area contributed by atoms with Gasteiger partial charge in [0.25, 0.3) is 0 Å². The molecule has 0 aliphatic heterocycles. The Morgan fingerprint density at radius 1 is 0.919 bits per heavy atom. The molecule has 0 saturated heterocycles. The van der Waals surface area contributed by atoms with E-state index in [1.807, 2.05) is 0 Å². The van der Waals surface area contributed by atoms with E-state index < -0.39 is 57.4 Å². The van der Waals surface area contributed by atoms with Gasteiger partial charge in [0.05, 0.1) is 16.9 Å². The van der Waals surface area contributed by atoms with Crippen molar-refractivity contribution in [3.8, 4) is 5.75 Å². The first-order chi connectivity index (χ1) is 17.4. The molecule has 0 saturated carbocycles. The Bertz CT molecular complexity index is 1640. The number of hydrogen-bond acceptors (Lipinski definition) is 5. The summed E-state index contributed by atoms with van der Waals surface area (Å²) in [7, 11) is 0. The molecule has 4 aromatic rings. The number of ketones is 1. The first-order valence-corrected chi connectivity index (χ1v) is 11.3. The molecular formula is C29H23F3O5. The standard InChI is InChI=1S/C29H23F3O5/c1-13-5-7-15(3)18(9-13)27(34)23(16(4)33)24(17-11-20(30)26(32)21(31)12-17)25-28(35)19-10-14(2)6-8-22(19)37-29(25)36/h5-12,24,34-35H,1-4H3/b27-23-. The van der Waals surface area contributed by atoms with E-state index >= 15 is 0 Å². The summed E-state index contributed by atoms with van der Waals surface area (Å²) in [6.07, 6.45) is 0. The number of aliphatic hydroxyl groups is 1. The fourth-order valence-electron chi connectivity index (χ4n) is 4.43. The maximum absolute atomic E-state index is 14.4. The molecule has 5 nitrogen and oxygen atoms in total. The second-order valence-electron chi connectivity index (χ2n) is 9.02. The lowest BCUT2D eigenvalue weighted by molar-refractivity contribution is -0.113. The Balaban J connectivity index is 2.18. The molecule has 0 bridgehead atoms. The van der Waals surface area contributed by atoms with Crippen LogP contribution < -0.4 is 5.63 Å². The molecule has 0 fully saturated rings. The van der Waals surface area contributed by atoms with Crippen molar-refractivity contribution in [1.29, 1.82) is 0 Å². The highest BCUT2D eigenvalue weighted by molar-refractivity contribution is 6.02. The number of Topliss-reactive ketones (excluding diaryl/α,β-unsaturated/α-hetero) is 1. The van der Waals surface area contributed by atoms with E-state index in [9.17, 15) is 33.0 Å². The summed E-state index contributed by atoms with van der Waals surface area (Å²) in [5.41, 5.74) is -0.156. The molecule has 1 atom stereocenters. The zero-order valence-corrected chi connectivity index (χ0v) is 20.4. The Morgan fingerprint density at radius 3 is 2.14 bits per heavy atom. The fraction of sp³-hybridized carbons (Fsp3) is 0.172. The van der Waals surface area contributed by atoms with Gasteiger partial charge in [0.15, 0.2) is 23.2 Å². The highest BCUT2D eigenvalue weighted by Crippen LogP contribution is 2.42. The summed E-state index contributed by atoms with van der Waals surface area (Å²) >= 11 is 0. The molecule has 190 valence electrons. The van der Waals surface area contributed by atoms with Gasteiger partial charge in [-0.25, -0.2) is 18.0 Å². The maximum Gasteiger partial charge on any atom is 0.344 e. The number of benzene rings is 3. The lowest BCUT2D eigenvalue weighted by Crippen LogP contribution is -2.21. The van der Waals surface area contributed by atoms with E-state index in [0.717, 1.165) is 12.5 Å². The predicted octanol–water partition coefficient (Wildman–Crippen LogP) is 6.53. The number of aromatic hydroxyl groups is 1. The first kappa shape index (κ1) is 25.8. The van der Waals surface area contributed by atoms with Crippen molar-refractivity contribution in [2.45, 2.75) is 33.6 Å². The summed E-state index contributed by atoms with van der Waals surface area (Å²) in [6.45, 7) is 6.28. The molecule has 0 aliphatic rings. The smallest absolute Gasteiger partial charge is 0.344 e. The second-order valence-corrected chi connectivity index (χ2v) is 9.02. The Morgan fingerprint density at radius 2 is 1.51 bits per heavy atom. The van der Waals surface area contributed by atoms with E-state index in [2.05, 4.69) is 0 Å². The molecule has 0 radical (unpaired) electrons. The molecule has 3 aromatic carbocycles. The van der Waals surface area contributed by atoms with Gasteiger partial charge in [-0.3, -0.25) is 4.79 Å². The SMILES string of the molecule is CC(=O)/C(=C(/O)c1cc(C)ccc1C)C(c1cc(F)c(F)c(F)c1)c1c(O)c2cc(C)ccc2oc1=O. The van der Waals surface area contributed by atoms with Crippen molar-refractivity contribution in [2.24, 2.45) is 0 Å². The van der Waals surface area contributed by atoms with E-state index in [-0.39, 0.29) is 22.1 Å². The number of hydrogen-bond donors (Lipinski definition) is 2. The maximum atomic E-state index is 14.4. The third kappa shape index (κ3) is 4.62. The molecule has 0 aliphatic carbocycles. The minimum absolute atomic E-state index is 0.0409. The van der Waals surface area contributed by atoms with Crippen LogP contribution >= 0.6 is 0 Å². The fourth-order valence-corrected chi connectivity index (χ4v) is 4.43. The molecule has 8 heteroatoms. The van der Waals surface area contributed by atoms with Gasteiger partial charge in [-0.05, 0) is 69.2 Å². The number of carbonyl (C=O) groups excluding carboxylic acids is 1. The van der Waals surface area contributed by atoms with Crippen LogP contribution in [0.3, 0.4) is 0 Å². The minimum atomic E-state index is -1.75. The molecule has 4 rings (SSSR count). The second kappa shape index (κ2) is 9.61. The zero-order chi connectivity index (χ0) is 27.2. The Hall–Kier alpha value is -4.33. The summed E-state index contributed by atoms with van der Waals surface area (Å²) in [4.78, 5) is 26.2. The molecule has 2 N–H and O–H groups in total. The van der Waals surface area contributed by atoms with Crippen LogP contribution in [-0.2, 0) is 4.79 Å². The van der Waals surface area contributed by atoms with Gasteiger partial charge in [-0.15, -0.1) is 0 Å². The van der Waals surface area contributed by atoms with Gasteiger partial charge >= 0.3 is 5.63 Å². The van der Waals surface area contributed by atoms with E-state index in [1.165, 1.54) is 12.1 Å². The van der Waals surface area contributed by atoms with Crippen LogP contribution in [0.15, 0.2) is 63.3 Å². The predicted molar refractivity (Wildman–Crippen MR) is 133 cm³/mol. The number of aryl methyl sites for hydroxylation is 3. The van der Waals surface area contributed by atoms with Gasteiger partial charge in [-0.2, -0.15) is 0 Å². The molecular weight excluding hydrogens is 485 g/mol. The summed E-state index contributed by atoms with van der Waals surface area (Å²) < 4.78 is 48.0. The zero-order valence-electron chi connectivity index (χ0n) is 20.4. The average Bonchev–Trinajstić information content (AvgIpc) is 2.83. The number of rotatable bonds is 5. The number of carbonyl (C=O) groups is 1. The van der Waals surface area contributed by atoms with Crippen molar-refractivity contribution >= 4 is 22.5 Å². The van der Waals surface area contributed by atoms with Gasteiger partial charge in [0.1, 0.15) is 17.1 Å². The first-order valence-electron chi connectivity index (χ1n) is 11.3. The summed E-state index contributed by atoms with van der Waals surface area (Å²) in [5, 5.41) is 22.7.